The van der Waals surface area contributed by atoms with Gasteiger partial charge >= 0.3 is 0 Å². The van der Waals surface area contributed by atoms with Crippen LogP contribution >= 0.6 is 11.8 Å². The van der Waals surface area contributed by atoms with E-state index >= 15 is 0 Å². The lowest BCUT2D eigenvalue weighted by molar-refractivity contribution is 0.0947. The predicted molar refractivity (Wildman–Crippen MR) is 132 cm³/mol. The molecule has 2 amide bonds. The van der Waals surface area contributed by atoms with Crippen LogP contribution in [0.15, 0.2) is 107 Å². The Morgan fingerprint density at radius 2 is 1.56 bits per heavy atom. The van der Waals surface area contributed by atoms with Crippen LogP contribution in [-0.4, -0.2) is 11.8 Å². The molecule has 0 radical (unpaired) electrons. The Bertz CT molecular complexity index is 1360. The maximum absolute atomic E-state index is 13.6. The molecule has 0 aromatic heterocycles. The molecule has 168 valence electrons. The lowest BCUT2D eigenvalue weighted by atomic mass is 10.1. The SMILES string of the molecule is O=C(NCc1ccc(F)cc1)c1ccc2c(c1)N(Cc1ccccc1)C(=O)c1ccccc1S2. The molecule has 0 spiro atoms. The van der Waals surface area contributed by atoms with E-state index in [4.69, 9.17) is 0 Å². The van der Waals surface area contributed by atoms with Gasteiger partial charge in [0.2, 0.25) is 0 Å². The maximum atomic E-state index is 13.6. The van der Waals surface area contributed by atoms with Crippen molar-refractivity contribution in [1.82, 2.24) is 5.32 Å². The molecule has 1 heterocycles. The number of nitrogens with zero attached hydrogens (tertiary/aromatic N) is 1. The summed E-state index contributed by atoms with van der Waals surface area (Å²) in [5.41, 5.74) is 3.60. The monoisotopic (exact) mass is 468 g/mol. The molecule has 4 aromatic carbocycles. The summed E-state index contributed by atoms with van der Waals surface area (Å²) in [4.78, 5) is 30.1. The Kier molecular flexibility index (Phi) is 6.14. The summed E-state index contributed by atoms with van der Waals surface area (Å²) in [7, 11) is 0. The van der Waals surface area contributed by atoms with E-state index < -0.39 is 0 Å². The summed E-state index contributed by atoms with van der Waals surface area (Å²) in [6, 6.07) is 28.8. The first-order valence-electron chi connectivity index (χ1n) is 10.9. The van der Waals surface area contributed by atoms with E-state index in [9.17, 15) is 14.0 Å². The van der Waals surface area contributed by atoms with Crippen LogP contribution < -0.4 is 10.2 Å². The zero-order chi connectivity index (χ0) is 23.5. The lowest BCUT2D eigenvalue weighted by Crippen LogP contribution is -2.31. The average molecular weight is 469 g/mol. The first-order valence-corrected chi connectivity index (χ1v) is 11.7. The number of hydrogen-bond donors (Lipinski definition) is 1. The van der Waals surface area contributed by atoms with Crippen LogP contribution in [0.3, 0.4) is 0 Å². The van der Waals surface area contributed by atoms with Crippen molar-refractivity contribution in [3.63, 3.8) is 0 Å². The number of carbonyl (C=O) groups excluding carboxylic acids is 2. The number of halogens is 1. The molecular weight excluding hydrogens is 447 g/mol. The number of anilines is 1. The quantitative estimate of drug-likeness (QED) is 0.387. The van der Waals surface area contributed by atoms with Gasteiger partial charge in [0.1, 0.15) is 5.82 Å². The van der Waals surface area contributed by atoms with Gasteiger partial charge in [0.05, 0.1) is 17.8 Å². The first kappa shape index (κ1) is 21.9. The molecule has 34 heavy (non-hydrogen) atoms. The molecule has 0 saturated carbocycles. The standard InChI is InChI=1S/C28H21FN2O2S/c29-22-13-10-19(11-14-22)17-30-27(32)21-12-15-26-24(16-21)31(18-20-6-2-1-3-7-20)28(33)23-8-4-5-9-25(23)34-26/h1-16H,17-18H2,(H,30,32). The Balaban J connectivity index is 1.48. The lowest BCUT2D eigenvalue weighted by Gasteiger charge is -2.24. The smallest absolute Gasteiger partial charge is 0.259 e. The molecule has 4 aromatic rings. The average Bonchev–Trinajstić information content (AvgIpc) is 2.98. The molecule has 1 aliphatic heterocycles. The van der Waals surface area contributed by atoms with Crippen molar-refractivity contribution in [2.75, 3.05) is 4.90 Å². The van der Waals surface area contributed by atoms with Crippen LogP contribution in [-0.2, 0) is 13.1 Å². The Labute approximate surface area is 201 Å². The topological polar surface area (TPSA) is 49.4 Å². The second-order valence-electron chi connectivity index (χ2n) is 7.97. The van der Waals surface area contributed by atoms with Crippen molar-refractivity contribution in [2.45, 2.75) is 22.9 Å². The summed E-state index contributed by atoms with van der Waals surface area (Å²) in [6.07, 6.45) is 0. The second-order valence-corrected chi connectivity index (χ2v) is 9.05. The van der Waals surface area contributed by atoms with Gasteiger partial charge < -0.3 is 10.2 Å². The fourth-order valence-electron chi connectivity index (χ4n) is 3.87. The van der Waals surface area contributed by atoms with Gasteiger partial charge in [0, 0.05) is 21.9 Å². The molecule has 4 nitrogen and oxygen atoms in total. The van der Waals surface area contributed by atoms with Crippen LogP contribution in [0.1, 0.15) is 31.8 Å². The number of benzene rings is 4. The molecule has 1 aliphatic rings. The predicted octanol–water partition coefficient (Wildman–Crippen LogP) is 6.07. The zero-order valence-corrected chi connectivity index (χ0v) is 19.0. The van der Waals surface area contributed by atoms with Gasteiger partial charge in [-0.1, -0.05) is 66.4 Å². The van der Waals surface area contributed by atoms with E-state index in [1.165, 1.54) is 23.9 Å². The third-order valence-electron chi connectivity index (χ3n) is 5.64. The third-order valence-corrected chi connectivity index (χ3v) is 6.79. The van der Waals surface area contributed by atoms with Gasteiger partial charge in [-0.15, -0.1) is 0 Å². The van der Waals surface area contributed by atoms with Crippen molar-refractivity contribution in [3.8, 4) is 0 Å². The fourth-order valence-corrected chi connectivity index (χ4v) is 4.93. The van der Waals surface area contributed by atoms with E-state index in [2.05, 4.69) is 5.32 Å². The van der Waals surface area contributed by atoms with Gasteiger partial charge in [0.15, 0.2) is 0 Å². The minimum atomic E-state index is -0.317. The molecular formula is C28H21FN2O2S. The van der Waals surface area contributed by atoms with Crippen LogP contribution in [0.25, 0.3) is 0 Å². The number of nitrogens with one attached hydrogen (secondary N) is 1. The maximum Gasteiger partial charge on any atom is 0.259 e. The van der Waals surface area contributed by atoms with Gasteiger partial charge in [-0.3, -0.25) is 9.59 Å². The van der Waals surface area contributed by atoms with Crippen molar-refractivity contribution >= 4 is 29.3 Å². The van der Waals surface area contributed by atoms with Gasteiger partial charge in [-0.05, 0) is 53.6 Å². The van der Waals surface area contributed by atoms with Gasteiger partial charge in [-0.25, -0.2) is 4.39 Å². The van der Waals surface area contributed by atoms with E-state index in [1.807, 2.05) is 60.7 Å². The van der Waals surface area contributed by atoms with Gasteiger partial charge in [-0.2, -0.15) is 0 Å². The fraction of sp³-hybridized carbons (Fsp3) is 0.0714. The number of hydrogen-bond acceptors (Lipinski definition) is 3. The molecule has 0 atom stereocenters. The molecule has 0 aliphatic carbocycles. The molecule has 6 heteroatoms. The molecule has 1 N–H and O–H groups in total. The highest BCUT2D eigenvalue weighted by Gasteiger charge is 2.28. The van der Waals surface area contributed by atoms with Crippen molar-refractivity contribution in [3.05, 3.63) is 125 Å². The number of fused-ring (bicyclic) bond motifs is 2. The largest absolute Gasteiger partial charge is 0.348 e. The normalized spacial score (nSPS) is 12.5. The van der Waals surface area contributed by atoms with Crippen molar-refractivity contribution < 1.29 is 14.0 Å². The van der Waals surface area contributed by atoms with Crippen molar-refractivity contribution in [2.24, 2.45) is 0 Å². The van der Waals surface area contributed by atoms with E-state index in [0.29, 0.717) is 23.4 Å². The highest BCUT2D eigenvalue weighted by atomic mass is 32.2. The van der Waals surface area contributed by atoms with Crippen LogP contribution in [0.4, 0.5) is 10.1 Å². The highest BCUT2D eigenvalue weighted by molar-refractivity contribution is 7.99. The summed E-state index contributed by atoms with van der Waals surface area (Å²) in [6.45, 7) is 0.672. The Morgan fingerprint density at radius 3 is 2.35 bits per heavy atom. The summed E-state index contributed by atoms with van der Waals surface area (Å²) >= 11 is 1.52. The number of amides is 2. The van der Waals surface area contributed by atoms with Gasteiger partial charge in [0.25, 0.3) is 11.8 Å². The molecule has 0 saturated heterocycles. The van der Waals surface area contributed by atoms with E-state index in [0.717, 1.165) is 20.9 Å². The van der Waals surface area contributed by atoms with Crippen molar-refractivity contribution in [1.29, 1.82) is 0 Å². The molecule has 5 rings (SSSR count). The minimum Gasteiger partial charge on any atom is -0.348 e. The summed E-state index contributed by atoms with van der Waals surface area (Å²) in [5.74, 6) is -0.678. The third kappa shape index (κ3) is 4.58. The van der Waals surface area contributed by atoms with E-state index in [-0.39, 0.29) is 24.2 Å². The van der Waals surface area contributed by atoms with E-state index in [1.54, 1.807) is 29.2 Å². The minimum absolute atomic E-state index is 0.102. The number of carbonyl (C=O) groups is 2. The first-order chi connectivity index (χ1) is 16.6. The summed E-state index contributed by atoms with van der Waals surface area (Å²) < 4.78 is 13.1. The van der Waals surface area contributed by atoms with Crippen LogP contribution in [0.2, 0.25) is 0 Å². The molecule has 0 bridgehead atoms. The number of rotatable bonds is 5. The van der Waals surface area contributed by atoms with Crippen LogP contribution in [0, 0.1) is 5.82 Å². The molecule has 0 fully saturated rings. The second kappa shape index (κ2) is 9.53. The zero-order valence-electron chi connectivity index (χ0n) is 18.2. The Hall–Kier alpha value is -3.90. The highest BCUT2D eigenvalue weighted by Crippen LogP contribution is 2.42. The Morgan fingerprint density at radius 1 is 0.824 bits per heavy atom. The molecule has 0 unspecified atom stereocenters. The van der Waals surface area contributed by atoms with Crippen LogP contribution in [0.5, 0.6) is 0 Å². The summed E-state index contributed by atoms with van der Waals surface area (Å²) in [5, 5.41) is 2.88.